The van der Waals surface area contributed by atoms with Crippen LogP contribution in [0.4, 0.5) is 9.93 Å². The molecule has 1 aromatic rings. The van der Waals surface area contributed by atoms with Gasteiger partial charge in [-0.3, -0.25) is 15.0 Å². The van der Waals surface area contributed by atoms with Gasteiger partial charge in [-0.05, 0) is 25.7 Å². The Morgan fingerprint density at radius 1 is 1.20 bits per heavy atom. The summed E-state index contributed by atoms with van der Waals surface area (Å²) < 4.78 is 0. The number of carbonyl (C=O) groups excluding carboxylic acids is 2. The SMILES string of the molecule is CCCNC(=O)CN1CCC(NC(=O)Nc2nnc(CCC)s2)CC1. The maximum Gasteiger partial charge on any atom is 0.321 e. The van der Waals surface area contributed by atoms with Crippen molar-refractivity contribution in [2.24, 2.45) is 0 Å². The van der Waals surface area contributed by atoms with Crippen LogP contribution in [0.3, 0.4) is 0 Å². The minimum Gasteiger partial charge on any atom is -0.355 e. The summed E-state index contributed by atoms with van der Waals surface area (Å²) in [7, 11) is 0. The second-order valence-electron chi connectivity index (χ2n) is 6.25. The third-order valence-electron chi connectivity index (χ3n) is 4.01. The molecule has 0 saturated carbocycles. The third kappa shape index (κ3) is 6.95. The van der Waals surface area contributed by atoms with E-state index >= 15 is 0 Å². The predicted octanol–water partition coefficient (Wildman–Crippen LogP) is 1.60. The van der Waals surface area contributed by atoms with Crippen LogP contribution in [0.15, 0.2) is 0 Å². The fraction of sp³-hybridized carbons (Fsp3) is 0.750. The molecule has 8 nitrogen and oxygen atoms in total. The van der Waals surface area contributed by atoms with Gasteiger partial charge in [0.15, 0.2) is 0 Å². The summed E-state index contributed by atoms with van der Waals surface area (Å²) in [5.74, 6) is 0.0742. The van der Waals surface area contributed by atoms with Gasteiger partial charge in [0.25, 0.3) is 0 Å². The quantitative estimate of drug-likeness (QED) is 0.647. The lowest BCUT2D eigenvalue weighted by molar-refractivity contribution is -0.122. The summed E-state index contributed by atoms with van der Waals surface area (Å²) in [5.41, 5.74) is 0. The molecule has 1 fully saturated rings. The molecule has 1 saturated heterocycles. The molecule has 2 heterocycles. The van der Waals surface area contributed by atoms with Crippen molar-refractivity contribution in [2.75, 3.05) is 31.5 Å². The van der Waals surface area contributed by atoms with E-state index in [1.54, 1.807) is 0 Å². The van der Waals surface area contributed by atoms with Gasteiger partial charge in [0.05, 0.1) is 6.54 Å². The van der Waals surface area contributed by atoms with Crippen LogP contribution >= 0.6 is 11.3 Å². The minimum absolute atomic E-state index is 0.0742. The largest absolute Gasteiger partial charge is 0.355 e. The molecule has 0 radical (unpaired) electrons. The third-order valence-corrected chi connectivity index (χ3v) is 4.91. The molecule has 2 rings (SSSR count). The highest BCUT2D eigenvalue weighted by Gasteiger charge is 2.22. The highest BCUT2D eigenvalue weighted by atomic mass is 32.1. The number of anilines is 1. The zero-order valence-corrected chi connectivity index (χ0v) is 15.8. The summed E-state index contributed by atoms with van der Waals surface area (Å²) in [5, 5.41) is 18.1. The van der Waals surface area contributed by atoms with E-state index in [2.05, 4.69) is 38.0 Å². The van der Waals surface area contributed by atoms with E-state index in [4.69, 9.17) is 0 Å². The van der Waals surface area contributed by atoms with E-state index in [1.165, 1.54) is 11.3 Å². The number of nitrogens with one attached hydrogen (secondary N) is 3. The molecule has 0 aliphatic carbocycles. The predicted molar refractivity (Wildman–Crippen MR) is 98.8 cm³/mol. The first-order valence-electron chi connectivity index (χ1n) is 8.99. The number of likely N-dealkylation sites (tertiary alicyclic amines) is 1. The molecule has 3 amide bonds. The molecule has 1 aromatic heterocycles. The van der Waals surface area contributed by atoms with Crippen molar-refractivity contribution < 1.29 is 9.59 Å². The first-order chi connectivity index (χ1) is 12.1. The lowest BCUT2D eigenvalue weighted by atomic mass is 10.1. The number of piperidine rings is 1. The average molecular weight is 369 g/mol. The van der Waals surface area contributed by atoms with E-state index in [0.717, 1.165) is 56.7 Å². The Morgan fingerprint density at radius 3 is 2.64 bits per heavy atom. The van der Waals surface area contributed by atoms with Crippen LogP contribution in [0.5, 0.6) is 0 Å². The maximum absolute atomic E-state index is 12.1. The molecule has 140 valence electrons. The summed E-state index contributed by atoms with van der Waals surface area (Å²) in [6.45, 7) is 6.90. The van der Waals surface area contributed by atoms with Crippen LogP contribution in [0.1, 0.15) is 44.5 Å². The number of carbonyl (C=O) groups is 2. The standard InChI is InChI=1S/C16H28N6O2S/c1-3-5-14-20-21-16(25-14)19-15(24)18-12-6-9-22(10-7-12)11-13(23)17-8-4-2/h12H,3-11H2,1-2H3,(H,17,23)(H2,18,19,21,24). The van der Waals surface area contributed by atoms with Gasteiger partial charge in [0.2, 0.25) is 11.0 Å². The Morgan fingerprint density at radius 2 is 1.96 bits per heavy atom. The number of hydrogen-bond acceptors (Lipinski definition) is 6. The molecule has 1 aliphatic rings. The fourth-order valence-corrected chi connectivity index (χ4v) is 3.53. The molecule has 25 heavy (non-hydrogen) atoms. The van der Waals surface area contributed by atoms with Gasteiger partial charge < -0.3 is 10.6 Å². The number of urea groups is 1. The Bertz CT molecular complexity index is 557. The zero-order chi connectivity index (χ0) is 18.1. The molecular weight excluding hydrogens is 340 g/mol. The molecular formula is C16H28N6O2S. The van der Waals surface area contributed by atoms with Crippen LogP contribution in [0, 0.1) is 0 Å². The van der Waals surface area contributed by atoms with Crippen LogP contribution in [0.2, 0.25) is 0 Å². The van der Waals surface area contributed by atoms with Gasteiger partial charge in [-0.25, -0.2) is 4.79 Å². The van der Waals surface area contributed by atoms with E-state index in [-0.39, 0.29) is 18.0 Å². The summed E-state index contributed by atoms with van der Waals surface area (Å²) in [6, 6.07) is -0.115. The molecule has 3 N–H and O–H groups in total. The lowest BCUT2D eigenvalue weighted by Gasteiger charge is -2.31. The summed E-state index contributed by atoms with van der Waals surface area (Å²) in [6.07, 6.45) is 4.51. The second-order valence-corrected chi connectivity index (χ2v) is 7.31. The van der Waals surface area contributed by atoms with Crippen molar-refractivity contribution in [3.05, 3.63) is 5.01 Å². The number of nitrogens with zero attached hydrogens (tertiary/aromatic N) is 3. The van der Waals surface area contributed by atoms with Gasteiger partial charge in [-0.1, -0.05) is 25.2 Å². The Kier molecular flexibility index (Phi) is 8.07. The molecule has 9 heteroatoms. The average Bonchev–Trinajstić information content (AvgIpc) is 3.02. The highest BCUT2D eigenvalue weighted by molar-refractivity contribution is 7.15. The number of hydrogen-bond donors (Lipinski definition) is 3. The van der Waals surface area contributed by atoms with Gasteiger partial charge in [-0.2, -0.15) is 0 Å². The van der Waals surface area contributed by atoms with Crippen molar-refractivity contribution in [2.45, 2.75) is 52.0 Å². The number of rotatable bonds is 8. The Hall–Kier alpha value is -1.74. The topological polar surface area (TPSA) is 99.2 Å². The van der Waals surface area contributed by atoms with E-state index in [1.807, 2.05) is 6.92 Å². The minimum atomic E-state index is -0.238. The van der Waals surface area contributed by atoms with Crippen molar-refractivity contribution in [3.8, 4) is 0 Å². The lowest BCUT2D eigenvalue weighted by Crippen LogP contribution is -2.48. The number of aryl methyl sites for hydroxylation is 1. The van der Waals surface area contributed by atoms with Gasteiger partial charge in [0.1, 0.15) is 5.01 Å². The fourth-order valence-electron chi connectivity index (χ4n) is 2.70. The Labute approximate surface area is 152 Å². The second kappa shape index (κ2) is 10.3. The van der Waals surface area contributed by atoms with Crippen LogP contribution < -0.4 is 16.0 Å². The van der Waals surface area contributed by atoms with Crippen molar-refractivity contribution in [1.82, 2.24) is 25.7 Å². The van der Waals surface area contributed by atoms with E-state index < -0.39 is 0 Å². The van der Waals surface area contributed by atoms with E-state index in [0.29, 0.717) is 11.7 Å². The maximum atomic E-state index is 12.1. The van der Waals surface area contributed by atoms with Crippen LogP contribution in [-0.2, 0) is 11.2 Å². The highest BCUT2D eigenvalue weighted by Crippen LogP contribution is 2.16. The van der Waals surface area contributed by atoms with Crippen molar-refractivity contribution in [1.29, 1.82) is 0 Å². The summed E-state index contributed by atoms with van der Waals surface area (Å²) >= 11 is 1.41. The molecule has 0 unspecified atom stereocenters. The molecule has 0 aromatic carbocycles. The van der Waals surface area contributed by atoms with Gasteiger partial charge >= 0.3 is 6.03 Å². The smallest absolute Gasteiger partial charge is 0.321 e. The first kappa shape index (κ1) is 19.6. The first-order valence-corrected chi connectivity index (χ1v) is 9.81. The zero-order valence-electron chi connectivity index (χ0n) is 15.0. The van der Waals surface area contributed by atoms with Crippen LogP contribution in [-0.4, -0.2) is 59.3 Å². The Balaban J connectivity index is 1.66. The number of aromatic nitrogens is 2. The number of amides is 3. The monoisotopic (exact) mass is 368 g/mol. The molecule has 0 spiro atoms. The molecule has 1 aliphatic heterocycles. The van der Waals surface area contributed by atoms with Gasteiger partial charge in [-0.15, -0.1) is 10.2 Å². The van der Waals surface area contributed by atoms with Crippen LogP contribution in [0.25, 0.3) is 0 Å². The van der Waals surface area contributed by atoms with Gasteiger partial charge in [0, 0.05) is 32.1 Å². The molecule has 0 atom stereocenters. The van der Waals surface area contributed by atoms with Crippen molar-refractivity contribution >= 4 is 28.4 Å². The van der Waals surface area contributed by atoms with Crippen molar-refractivity contribution in [3.63, 3.8) is 0 Å². The summed E-state index contributed by atoms with van der Waals surface area (Å²) in [4.78, 5) is 25.9. The molecule has 0 bridgehead atoms. The normalized spacial score (nSPS) is 15.8. The van der Waals surface area contributed by atoms with E-state index in [9.17, 15) is 9.59 Å².